The van der Waals surface area contributed by atoms with Crippen LogP contribution in [0.4, 0.5) is 0 Å². The van der Waals surface area contributed by atoms with Gasteiger partial charge in [-0.1, -0.05) is 26.8 Å². The quantitative estimate of drug-likeness (QED) is 0.373. The number of hydrogen-bond donors (Lipinski definition) is 2. The number of rotatable bonds is 12. The zero-order chi connectivity index (χ0) is 23.6. The summed E-state index contributed by atoms with van der Waals surface area (Å²) in [6, 6.07) is 3.14. The van der Waals surface area contributed by atoms with E-state index in [9.17, 15) is 24.3 Å². The molecule has 31 heavy (non-hydrogen) atoms. The van der Waals surface area contributed by atoms with Crippen molar-refractivity contribution in [1.82, 2.24) is 0 Å². The van der Waals surface area contributed by atoms with Crippen molar-refractivity contribution in [3.8, 4) is 11.5 Å². The third-order valence-corrected chi connectivity index (χ3v) is 4.54. The van der Waals surface area contributed by atoms with E-state index < -0.39 is 41.8 Å². The van der Waals surface area contributed by atoms with E-state index in [1.54, 1.807) is 13.0 Å². The lowest BCUT2D eigenvalue weighted by molar-refractivity contribution is -0.143. The molecule has 0 aliphatic rings. The van der Waals surface area contributed by atoms with E-state index in [1.165, 1.54) is 19.1 Å². The zero-order valence-electron chi connectivity index (χ0n) is 18.4. The Morgan fingerprint density at radius 1 is 1.00 bits per heavy atom. The zero-order valence-corrected chi connectivity index (χ0v) is 18.4. The summed E-state index contributed by atoms with van der Waals surface area (Å²) in [5.41, 5.74) is 6.37. The van der Waals surface area contributed by atoms with Crippen LogP contribution < -0.4 is 15.2 Å². The Kier molecular flexibility index (Phi) is 10.7. The molecule has 3 N–H and O–H groups in total. The summed E-state index contributed by atoms with van der Waals surface area (Å²) in [4.78, 5) is 46.8. The van der Waals surface area contributed by atoms with Crippen LogP contribution in [0.3, 0.4) is 0 Å². The van der Waals surface area contributed by atoms with Crippen molar-refractivity contribution in [2.24, 2.45) is 11.7 Å². The molecule has 1 aromatic rings. The van der Waals surface area contributed by atoms with E-state index in [0.717, 1.165) is 0 Å². The SMILES string of the molecule is CCCC(=O)Oc1ccc(C(C(C)COC(C)=O)[C@H](N)C(=O)O)cc1OC(=O)CCC. The molecule has 0 bridgehead atoms. The van der Waals surface area contributed by atoms with E-state index >= 15 is 0 Å². The Morgan fingerprint density at radius 2 is 1.55 bits per heavy atom. The van der Waals surface area contributed by atoms with Crippen molar-refractivity contribution in [3.63, 3.8) is 0 Å². The smallest absolute Gasteiger partial charge is 0.321 e. The highest BCUT2D eigenvalue weighted by atomic mass is 16.6. The third-order valence-electron chi connectivity index (χ3n) is 4.54. The summed E-state index contributed by atoms with van der Waals surface area (Å²) >= 11 is 0. The maximum atomic E-state index is 12.1. The van der Waals surface area contributed by atoms with Crippen molar-refractivity contribution >= 4 is 23.9 Å². The van der Waals surface area contributed by atoms with E-state index in [0.29, 0.717) is 18.4 Å². The minimum Gasteiger partial charge on any atom is -0.480 e. The number of carboxylic acids is 1. The average molecular weight is 437 g/mol. The molecule has 0 amide bonds. The van der Waals surface area contributed by atoms with Crippen LogP contribution in [0.1, 0.15) is 64.9 Å². The van der Waals surface area contributed by atoms with Crippen LogP contribution >= 0.6 is 0 Å². The standard InChI is InChI=1S/C22H31NO8/c1-5-7-18(25)30-16-10-9-15(11-17(16)31-19(26)8-6-2)20(21(23)22(27)28)13(3)12-29-14(4)24/h9-11,13,20-21H,5-8,12,23H2,1-4H3,(H,27,28)/t13?,20?,21-/m0/s1. The van der Waals surface area contributed by atoms with Crippen LogP contribution in [-0.4, -0.2) is 41.6 Å². The predicted octanol–water partition coefficient (Wildman–Crippen LogP) is 2.79. The van der Waals surface area contributed by atoms with Crippen molar-refractivity contribution in [1.29, 1.82) is 0 Å². The fourth-order valence-electron chi connectivity index (χ4n) is 3.05. The molecule has 0 spiro atoms. The van der Waals surface area contributed by atoms with Crippen LogP contribution in [0.2, 0.25) is 0 Å². The van der Waals surface area contributed by atoms with Gasteiger partial charge in [0.05, 0.1) is 6.61 Å². The predicted molar refractivity (Wildman–Crippen MR) is 112 cm³/mol. The highest BCUT2D eigenvalue weighted by molar-refractivity contribution is 5.77. The second kappa shape index (κ2) is 12.7. The van der Waals surface area contributed by atoms with Crippen LogP contribution in [0, 0.1) is 5.92 Å². The molecule has 9 heteroatoms. The van der Waals surface area contributed by atoms with E-state index in [4.69, 9.17) is 19.9 Å². The maximum absolute atomic E-state index is 12.1. The number of esters is 3. The van der Waals surface area contributed by atoms with Crippen molar-refractivity contribution in [2.45, 2.75) is 65.3 Å². The molecule has 2 unspecified atom stereocenters. The van der Waals surface area contributed by atoms with Gasteiger partial charge in [-0.25, -0.2) is 0 Å². The molecule has 1 aromatic carbocycles. The van der Waals surface area contributed by atoms with Gasteiger partial charge in [0.15, 0.2) is 11.5 Å². The van der Waals surface area contributed by atoms with Gasteiger partial charge >= 0.3 is 23.9 Å². The number of carboxylic acid groups (broad SMARTS) is 1. The molecule has 0 aromatic heterocycles. The summed E-state index contributed by atoms with van der Waals surface area (Å²) in [7, 11) is 0. The molecule has 0 saturated carbocycles. The summed E-state index contributed by atoms with van der Waals surface area (Å²) in [5, 5.41) is 9.47. The highest BCUT2D eigenvalue weighted by Crippen LogP contribution is 2.36. The Labute approximate surface area is 181 Å². The van der Waals surface area contributed by atoms with Gasteiger partial charge in [-0.3, -0.25) is 19.2 Å². The number of aliphatic carboxylic acids is 1. The van der Waals surface area contributed by atoms with E-state index in [-0.39, 0.29) is 30.9 Å². The minimum absolute atomic E-state index is 0.00248. The highest BCUT2D eigenvalue weighted by Gasteiger charge is 2.32. The third kappa shape index (κ3) is 8.37. The van der Waals surface area contributed by atoms with Gasteiger partial charge < -0.3 is 25.1 Å². The lowest BCUT2D eigenvalue weighted by Gasteiger charge is -2.28. The Morgan fingerprint density at radius 3 is 2.03 bits per heavy atom. The van der Waals surface area contributed by atoms with Crippen molar-refractivity contribution < 1.29 is 38.5 Å². The Balaban J connectivity index is 3.36. The molecular formula is C22H31NO8. The van der Waals surface area contributed by atoms with Gasteiger partial charge in [0.2, 0.25) is 0 Å². The van der Waals surface area contributed by atoms with Gasteiger partial charge in [0.25, 0.3) is 0 Å². The van der Waals surface area contributed by atoms with Crippen molar-refractivity contribution in [3.05, 3.63) is 23.8 Å². The van der Waals surface area contributed by atoms with Crippen molar-refractivity contribution in [2.75, 3.05) is 6.61 Å². The molecule has 9 nitrogen and oxygen atoms in total. The summed E-state index contributed by atoms with van der Waals surface area (Å²) in [5.74, 6) is -3.89. The fraction of sp³-hybridized carbons (Fsp3) is 0.545. The van der Waals surface area contributed by atoms with Gasteiger partial charge in [-0.05, 0) is 36.5 Å². The minimum atomic E-state index is -1.31. The average Bonchev–Trinajstić information content (AvgIpc) is 2.68. The number of nitrogens with two attached hydrogens (primary N) is 1. The van der Waals surface area contributed by atoms with Gasteiger partial charge in [-0.2, -0.15) is 0 Å². The first-order chi connectivity index (χ1) is 14.6. The lowest BCUT2D eigenvalue weighted by atomic mass is 9.82. The number of hydrogen-bond acceptors (Lipinski definition) is 8. The Bertz CT molecular complexity index is 792. The second-order valence-corrected chi connectivity index (χ2v) is 7.32. The van der Waals surface area contributed by atoms with Crippen LogP contribution in [-0.2, 0) is 23.9 Å². The first kappa shape index (κ1) is 26.1. The molecule has 0 radical (unpaired) electrons. The molecule has 1 rings (SSSR count). The monoisotopic (exact) mass is 437 g/mol. The van der Waals surface area contributed by atoms with Gasteiger partial charge in [0, 0.05) is 25.7 Å². The van der Waals surface area contributed by atoms with Crippen LogP contribution in [0.15, 0.2) is 18.2 Å². The first-order valence-electron chi connectivity index (χ1n) is 10.3. The molecule has 0 aliphatic carbocycles. The Hall–Kier alpha value is -2.94. The molecule has 0 aliphatic heterocycles. The van der Waals surface area contributed by atoms with Gasteiger partial charge in [0.1, 0.15) is 6.04 Å². The van der Waals surface area contributed by atoms with E-state index in [2.05, 4.69) is 0 Å². The number of benzene rings is 1. The number of ether oxygens (including phenoxy) is 3. The molecule has 172 valence electrons. The number of carbonyl (C=O) groups excluding carboxylic acids is 3. The molecule has 0 heterocycles. The van der Waals surface area contributed by atoms with Crippen LogP contribution in [0.5, 0.6) is 11.5 Å². The topological polar surface area (TPSA) is 142 Å². The van der Waals surface area contributed by atoms with Gasteiger partial charge in [-0.15, -0.1) is 0 Å². The second-order valence-electron chi connectivity index (χ2n) is 7.32. The summed E-state index contributed by atoms with van der Waals surface area (Å²) in [6.07, 6.45) is 1.50. The van der Waals surface area contributed by atoms with E-state index in [1.807, 2.05) is 13.8 Å². The summed E-state index contributed by atoms with van der Waals surface area (Å²) in [6.45, 7) is 6.56. The fourth-order valence-corrected chi connectivity index (χ4v) is 3.05. The molecule has 0 saturated heterocycles. The number of carbonyl (C=O) groups is 4. The largest absolute Gasteiger partial charge is 0.480 e. The molecule has 3 atom stereocenters. The molecular weight excluding hydrogens is 406 g/mol. The maximum Gasteiger partial charge on any atom is 0.321 e. The molecule has 0 fully saturated rings. The summed E-state index contributed by atoms with van der Waals surface area (Å²) < 4.78 is 15.7. The normalized spacial score (nSPS) is 13.6. The first-order valence-corrected chi connectivity index (χ1v) is 10.3. The van der Waals surface area contributed by atoms with Crippen LogP contribution in [0.25, 0.3) is 0 Å². The lowest BCUT2D eigenvalue weighted by Crippen LogP contribution is -2.40.